The Balaban J connectivity index is 1.42. The van der Waals surface area contributed by atoms with Crippen LogP contribution < -0.4 is 16.4 Å². The summed E-state index contributed by atoms with van der Waals surface area (Å²) in [5.74, 6) is -0.487. The highest BCUT2D eigenvalue weighted by Crippen LogP contribution is 2.23. The fourth-order valence-electron chi connectivity index (χ4n) is 3.65. The lowest BCUT2D eigenvalue weighted by molar-refractivity contribution is -0.383. The second-order valence-electron chi connectivity index (χ2n) is 7.64. The third-order valence-corrected chi connectivity index (χ3v) is 5.48. The van der Waals surface area contributed by atoms with Crippen molar-refractivity contribution >= 4 is 28.9 Å². The molecule has 31 heavy (non-hydrogen) atoms. The highest BCUT2D eigenvalue weighted by atomic mass is 16.6. The lowest BCUT2D eigenvalue weighted by Crippen LogP contribution is -2.39. The van der Waals surface area contributed by atoms with Crippen molar-refractivity contribution in [1.82, 2.24) is 4.90 Å². The number of amides is 2. The molecule has 9 heteroatoms. The lowest BCUT2D eigenvalue weighted by atomic mass is 9.96. The number of hydrogen-bond acceptors (Lipinski definition) is 6. The van der Waals surface area contributed by atoms with Gasteiger partial charge in [0.1, 0.15) is 5.69 Å². The number of nitro groups is 1. The molecule has 2 amide bonds. The maximum absolute atomic E-state index is 12.2. The third-order valence-electron chi connectivity index (χ3n) is 5.48. The molecule has 0 atom stereocenters. The highest BCUT2D eigenvalue weighted by Gasteiger charge is 2.22. The van der Waals surface area contributed by atoms with Gasteiger partial charge in [0.2, 0.25) is 11.8 Å². The summed E-state index contributed by atoms with van der Waals surface area (Å²) in [6.45, 7) is 2.60. The summed E-state index contributed by atoms with van der Waals surface area (Å²) >= 11 is 0. The number of hydrogen-bond donors (Lipinski definition) is 3. The minimum atomic E-state index is -0.487. The third kappa shape index (κ3) is 6.51. The first kappa shape index (κ1) is 22.2. The van der Waals surface area contributed by atoms with Crippen LogP contribution >= 0.6 is 0 Å². The maximum Gasteiger partial charge on any atom is 0.292 e. The Morgan fingerprint density at radius 2 is 1.77 bits per heavy atom. The summed E-state index contributed by atoms with van der Waals surface area (Å²) in [6.07, 6.45) is 2.52. The second-order valence-corrected chi connectivity index (χ2v) is 7.64. The van der Waals surface area contributed by atoms with Gasteiger partial charge >= 0.3 is 0 Å². The average molecular weight is 425 g/mol. The minimum Gasteiger partial charge on any atom is -0.371 e. The molecule has 2 aromatic carbocycles. The van der Waals surface area contributed by atoms with E-state index in [0.29, 0.717) is 11.4 Å². The number of carbonyl (C=O) groups excluding carboxylic acids is 2. The van der Waals surface area contributed by atoms with Crippen molar-refractivity contribution in [3.63, 3.8) is 0 Å². The molecule has 1 fully saturated rings. The summed E-state index contributed by atoms with van der Waals surface area (Å²) in [5.41, 5.74) is 7.43. The predicted molar refractivity (Wildman–Crippen MR) is 119 cm³/mol. The van der Waals surface area contributed by atoms with Gasteiger partial charge in [0.05, 0.1) is 11.5 Å². The van der Waals surface area contributed by atoms with Crippen LogP contribution in [-0.4, -0.2) is 47.8 Å². The van der Waals surface area contributed by atoms with Gasteiger partial charge < -0.3 is 21.3 Å². The number of anilines is 2. The van der Waals surface area contributed by atoms with E-state index in [1.54, 1.807) is 18.2 Å². The monoisotopic (exact) mass is 425 g/mol. The molecule has 9 nitrogen and oxygen atoms in total. The normalized spacial score (nSPS) is 14.7. The second kappa shape index (κ2) is 10.5. The Morgan fingerprint density at radius 3 is 2.42 bits per heavy atom. The van der Waals surface area contributed by atoms with E-state index in [9.17, 15) is 19.7 Å². The summed E-state index contributed by atoms with van der Waals surface area (Å²) in [7, 11) is 0. The van der Waals surface area contributed by atoms with Gasteiger partial charge in [-0.1, -0.05) is 24.3 Å². The Morgan fingerprint density at radius 1 is 1.10 bits per heavy atom. The molecule has 0 spiro atoms. The van der Waals surface area contributed by atoms with Crippen LogP contribution in [0.4, 0.5) is 17.1 Å². The molecule has 4 N–H and O–H groups in total. The van der Waals surface area contributed by atoms with Gasteiger partial charge in [-0.05, 0) is 56.1 Å². The van der Waals surface area contributed by atoms with E-state index in [0.717, 1.165) is 44.5 Å². The predicted octanol–water partition coefficient (Wildman–Crippen LogP) is 2.39. The molecule has 1 aliphatic rings. The zero-order valence-electron chi connectivity index (χ0n) is 17.3. The molecule has 2 aromatic rings. The van der Waals surface area contributed by atoms with Crippen LogP contribution in [0.5, 0.6) is 0 Å². The van der Waals surface area contributed by atoms with Gasteiger partial charge in [0.15, 0.2) is 0 Å². The first-order chi connectivity index (χ1) is 14.9. The number of para-hydroxylation sites is 2. The molecule has 0 aromatic heterocycles. The van der Waals surface area contributed by atoms with E-state index in [4.69, 9.17) is 5.73 Å². The standard InChI is InChI=1S/C22H27N5O4/c23-22(29)17-10-13-26(14-11-17)12-9-16-5-7-18(8-6-16)25-21(28)15-24-19-3-1-2-4-20(19)27(30)31/h1-8,17,24H,9-15H2,(H2,23,29)(H,25,28). The smallest absolute Gasteiger partial charge is 0.292 e. The van der Waals surface area contributed by atoms with Gasteiger partial charge in [-0.25, -0.2) is 0 Å². The number of benzene rings is 2. The van der Waals surface area contributed by atoms with Gasteiger partial charge in [-0.2, -0.15) is 0 Å². The van der Waals surface area contributed by atoms with Crippen molar-refractivity contribution in [2.24, 2.45) is 11.7 Å². The topological polar surface area (TPSA) is 131 Å². The SMILES string of the molecule is NC(=O)C1CCN(CCc2ccc(NC(=O)CNc3ccccc3[N+](=O)[O-])cc2)CC1. The number of nitrogens with zero attached hydrogens (tertiary/aromatic N) is 2. The van der Waals surface area contributed by atoms with Gasteiger partial charge in [0, 0.05) is 24.2 Å². The summed E-state index contributed by atoms with van der Waals surface area (Å²) in [6, 6.07) is 13.8. The summed E-state index contributed by atoms with van der Waals surface area (Å²) in [4.78, 5) is 36.3. The highest BCUT2D eigenvalue weighted by molar-refractivity contribution is 5.94. The molecule has 1 saturated heterocycles. The van der Waals surface area contributed by atoms with E-state index in [1.807, 2.05) is 24.3 Å². The van der Waals surface area contributed by atoms with Crippen LogP contribution in [-0.2, 0) is 16.0 Å². The number of primary amides is 1. The molecule has 1 aliphatic heterocycles. The molecule has 1 heterocycles. The molecule has 0 unspecified atom stereocenters. The van der Waals surface area contributed by atoms with E-state index < -0.39 is 4.92 Å². The van der Waals surface area contributed by atoms with Crippen LogP contribution in [0.2, 0.25) is 0 Å². The number of piperidine rings is 1. The van der Waals surface area contributed by atoms with Gasteiger partial charge in [0.25, 0.3) is 5.69 Å². The summed E-state index contributed by atoms with van der Waals surface area (Å²) < 4.78 is 0. The van der Waals surface area contributed by atoms with Crippen molar-refractivity contribution in [2.45, 2.75) is 19.3 Å². The first-order valence-corrected chi connectivity index (χ1v) is 10.3. The Kier molecular flexibility index (Phi) is 7.55. The Labute approximate surface area is 180 Å². The van der Waals surface area contributed by atoms with E-state index >= 15 is 0 Å². The first-order valence-electron chi connectivity index (χ1n) is 10.3. The van der Waals surface area contributed by atoms with Crippen molar-refractivity contribution in [3.8, 4) is 0 Å². The number of nitrogens with one attached hydrogen (secondary N) is 2. The fourth-order valence-corrected chi connectivity index (χ4v) is 3.65. The maximum atomic E-state index is 12.2. The fraction of sp³-hybridized carbons (Fsp3) is 0.364. The number of nitrogens with two attached hydrogens (primary N) is 1. The van der Waals surface area contributed by atoms with E-state index in [1.165, 1.54) is 6.07 Å². The largest absolute Gasteiger partial charge is 0.371 e. The zero-order valence-corrected chi connectivity index (χ0v) is 17.3. The lowest BCUT2D eigenvalue weighted by Gasteiger charge is -2.30. The van der Waals surface area contributed by atoms with Crippen LogP contribution in [0.3, 0.4) is 0 Å². The molecule has 0 bridgehead atoms. The van der Waals surface area contributed by atoms with Gasteiger partial charge in [-0.15, -0.1) is 0 Å². The van der Waals surface area contributed by atoms with Crippen LogP contribution in [0, 0.1) is 16.0 Å². The Hall–Kier alpha value is -3.46. The Bertz CT molecular complexity index is 924. The molecular formula is C22H27N5O4. The molecule has 164 valence electrons. The molecule has 3 rings (SSSR count). The van der Waals surface area contributed by atoms with Crippen LogP contribution in [0.1, 0.15) is 18.4 Å². The quantitative estimate of drug-likeness (QED) is 0.418. The number of rotatable bonds is 9. The number of likely N-dealkylation sites (tertiary alicyclic amines) is 1. The van der Waals surface area contributed by atoms with E-state index in [-0.39, 0.29) is 30.0 Å². The molecule has 0 saturated carbocycles. The van der Waals surface area contributed by atoms with Crippen molar-refractivity contribution in [1.29, 1.82) is 0 Å². The van der Waals surface area contributed by atoms with Crippen LogP contribution in [0.15, 0.2) is 48.5 Å². The van der Waals surface area contributed by atoms with Crippen molar-refractivity contribution in [3.05, 3.63) is 64.2 Å². The van der Waals surface area contributed by atoms with E-state index in [2.05, 4.69) is 15.5 Å². The zero-order chi connectivity index (χ0) is 22.2. The van der Waals surface area contributed by atoms with Gasteiger partial charge in [-0.3, -0.25) is 19.7 Å². The summed E-state index contributed by atoms with van der Waals surface area (Å²) in [5, 5.41) is 16.6. The van der Waals surface area contributed by atoms with Crippen molar-refractivity contribution in [2.75, 3.05) is 36.8 Å². The number of carbonyl (C=O) groups is 2. The molecule has 0 radical (unpaired) electrons. The minimum absolute atomic E-state index is 0.00154. The van der Waals surface area contributed by atoms with Crippen molar-refractivity contribution < 1.29 is 14.5 Å². The molecular weight excluding hydrogens is 398 g/mol. The molecule has 0 aliphatic carbocycles. The van der Waals surface area contributed by atoms with Crippen LogP contribution in [0.25, 0.3) is 0 Å². The number of nitro benzene ring substituents is 1. The average Bonchev–Trinajstić information content (AvgIpc) is 2.77.